The van der Waals surface area contributed by atoms with Crippen molar-refractivity contribution in [1.82, 2.24) is 5.32 Å². The molecule has 0 aliphatic rings. The van der Waals surface area contributed by atoms with Crippen LogP contribution in [0.2, 0.25) is 0 Å². The van der Waals surface area contributed by atoms with Crippen LogP contribution in [-0.2, 0) is 4.79 Å². The van der Waals surface area contributed by atoms with E-state index in [0.29, 0.717) is 5.92 Å². The lowest BCUT2D eigenvalue weighted by atomic mass is 9.99. The Morgan fingerprint density at radius 2 is 2.18 bits per heavy atom. The van der Waals surface area contributed by atoms with Crippen molar-refractivity contribution in [3.05, 3.63) is 0 Å². The predicted octanol–water partition coefficient (Wildman–Crippen LogP) is 0.496. The minimum absolute atomic E-state index is 0.0645. The Morgan fingerprint density at radius 1 is 1.64 bits per heavy atom. The highest BCUT2D eigenvalue weighted by Crippen LogP contribution is 2.07. The number of likely N-dealkylation sites (N-methyl/N-ethyl adjacent to an activating group) is 1. The van der Waals surface area contributed by atoms with Crippen molar-refractivity contribution in [2.75, 3.05) is 7.05 Å². The largest absolute Gasteiger partial charge is 0.358 e. The molecule has 11 heavy (non-hydrogen) atoms. The van der Waals surface area contributed by atoms with Gasteiger partial charge in [-0.3, -0.25) is 4.79 Å². The molecule has 1 amide bonds. The number of rotatable bonds is 4. The van der Waals surface area contributed by atoms with Gasteiger partial charge < -0.3 is 11.1 Å². The van der Waals surface area contributed by atoms with Gasteiger partial charge in [-0.05, 0) is 12.3 Å². The summed E-state index contributed by atoms with van der Waals surface area (Å²) in [6.45, 7) is 4.20. The molecule has 0 saturated carbocycles. The Morgan fingerprint density at radius 3 is 2.55 bits per heavy atom. The van der Waals surface area contributed by atoms with Crippen LogP contribution >= 0.6 is 0 Å². The molecular formula is C8H18N2O. The predicted molar refractivity (Wildman–Crippen MR) is 46.1 cm³/mol. The topological polar surface area (TPSA) is 55.1 Å². The standard InChI is InChI=1S/C8H18N2O/c1-4-6(2)5-7(9)8(11)10-3/h6-7H,4-5,9H2,1-3H3,(H,10,11)/t6?,7-/m0/s1. The zero-order valence-electron chi connectivity index (χ0n) is 7.55. The molecule has 0 spiro atoms. The first-order chi connectivity index (χ1) is 5.11. The van der Waals surface area contributed by atoms with Gasteiger partial charge in [0.25, 0.3) is 0 Å². The summed E-state index contributed by atoms with van der Waals surface area (Å²) in [6, 6.07) is -0.338. The van der Waals surface area contributed by atoms with Crippen molar-refractivity contribution in [3.8, 4) is 0 Å². The number of hydrogen-bond donors (Lipinski definition) is 2. The fraction of sp³-hybridized carbons (Fsp3) is 0.875. The minimum atomic E-state index is -0.338. The van der Waals surface area contributed by atoms with E-state index in [0.717, 1.165) is 12.8 Å². The van der Waals surface area contributed by atoms with Crippen LogP contribution in [0.25, 0.3) is 0 Å². The van der Waals surface area contributed by atoms with Crippen molar-refractivity contribution < 1.29 is 4.79 Å². The van der Waals surface area contributed by atoms with Gasteiger partial charge in [-0.2, -0.15) is 0 Å². The van der Waals surface area contributed by atoms with Crippen LogP contribution in [0.3, 0.4) is 0 Å². The average Bonchev–Trinajstić information content (AvgIpc) is 2.02. The van der Waals surface area contributed by atoms with Gasteiger partial charge in [0.15, 0.2) is 0 Å². The zero-order chi connectivity index (χ0) is 8.85. The summed E-state index contributed by atoms with van der Waals surface area (Å²) in [5.41, 5.74) is 5.59. The summed E-state index contributed by atoms with van der Waals surface area (Å²) in [7, 11) is 1.61. The molecule has 0 radical (unpaired) electrons. The lowest BCUT2D eigenvalue weighted by Gasteiger charge is -2.13. The van der Waals surface area contributed by atoms with E-state index in [1.807, 2.05) is 0 Å². The van der Waals surface area contributed by atoms with Gasteiger partial charge in [0, 0.05) is 7.05 Å². The number of hydrogen-bond acceptors (Lipinski definition) is 2. The van der Waals surface area contributed by atoms with Crippen molar-refractivity contribution in [1.29, 1.82) is 0 Å². The molecular weight excluding hydrogens is 140 g/mol. The van der Waals surface area contributed by atoms with E-state index in [1.165, 1.54) is 0 Å². The maximum absolute atomic E-state index is 10.9. The van der Waals surface area contributed by atoms with Gasteiger partial charge in [-0.15, -0.1) is 0 Å². The quantitative estimate of drug-likeness (QED) is 0.626. The first-order valence-corrected chi connectivity index (χ1v) is 4.09. The maximum atomic E-state index is 10.9. The molecule has 2 atom stereocenters. The number of nitrogens with one attached hydrogen (secondary N) is 1. The summed E-state index contributed by atoms with van der Waals surface area (Å²) in [5, 5.41) is 2.53. The zero-order valence-corrected chi connectivity index (χ0v) is 7.55. The van der Waals surface area contributed by atoms with Crippen LogP contribution in [0.15, 0.2) is 0 Å². The molecule has 0 aromatic carbocycles. The van der Waals surface area contributed by atoms with E-state index < -0.39 is 0 Å². The summed E-state index contributed by atoms with van der Waals surface area (Å²) >= 11 is 0. The van der Waals surface area contributed by atoms with Crippen LogP contribution in [0, 0.1) is 5.92 Å². The van der Waals surface area contributed by atoms with Crippen molar-refractivity contribution in [2.24, 2.45) is 11.7 Å². The fourth-order valence-corrected chi connectivity index (χ4v) is 0.893. The van der Waals surface area contributed by atoms with Gasteiger partial charge in [-0.25, -0.2) is 0 Å². The van der Waals surface area contributed by atoms with E-state index in [1.54, 1.807) is 7.05 Å². The summed E-state index contributed by atoms with van der Waals surface area (Å²) in [4.78, 5) is 10.9. The molecule has 0 aliphatic heterocycles. The third-order valence-electron chi connectivity index (χ3n) is 1.94. The first kappa shape index (κ1) is 10.4. The fourth-order valence-electron chi connectivity index (χ4n) is 0.893. The molecule has 0 bridgehead atoms. The van der Waals surface area contributed by atoms with Crippen molar-refractivity contribution in [3.63, 3.8) is 0 Å². The van der Waals surface area contributed by atoms with Crippen molar-refractivity contribution in [2.45, 2.75) is 32.7 Å². The SMILES string of the molecule is CCC(C)C[C@H](N)C(=O)NC. The smallest absolute Gasteiger partial charge is 0.236 e. The second kappa shape index (κ2) is 5.13. The second-order valence-electron chi connectivity index (χ2n) is 2.97. The Balaban J connectivity index is 3.67. The van der Waals surface area contributed by atoms with Crippen LogP contribution in [0.1, 0.15) is 26.7 Å². The third-order valence-corrected chi connectivity index (χ3v) is 1.94. The highest BCUT2D eigenvalue weighted by atomic mass is 16.2. The lowest BCUT2D eigenvalue weighted by molar-refractivity contribution is -0.122. The van der Waals surface area contributed by atoms with Crippen LogP contribution in [0.5, 0.6) is 0 Å². The molecule has 3 N–H and O–H groups in total. The molecule has 0 fully saturated rings. The third kappa shape index (κ3) is 3.98. The van der Waals surface area contributed by atoms with Crippen LogP contribution in [0.4, 0.5) is 0 Å². The molecule has 0 aliphatic carbocycles. The van der Waals surface area contributed by atoms with Gasteiger partial charge in [0.2, 0.25) is 5.91 Å². The summed E-state index contributed by atoms with van der Waals surface area (Å²) < 4.78 is 0. The lowest BCUT2D eigenvalue weighted by Crippen LogP contribution is -2.39. The number of carbonyl (C=O) groups is 1. The highest BCUT2D eigenvalue weighted by molar-refractivity contribution is 5.81. The van der Waals surface area contributed by atoms with Gasteiger partial charge in [0.05, 0.1) is 6.04 Å². The monoisotopic (exact) mass is 158 g/mol. The van der Waals surface area contributed by atoms with Gasteiger partial charge in [0.1, 0.15) is 0 Å². The van der Waals surface area contributed by atoms with E-state index in [-0.39, 0.29) is 11.9 Å². The molecule has 0 aromatic heterocycles. The van der Waals surface area contributed by atoms with E-state index >= 15 is 0 Å². The van der Waals surface area contributed by atoms with Gasteiger partial charge >= 0.3 is 0 Å². The highest BCUT2D eigenvalue weighted by Gasteiger charge is 2.13. The number of carbonyl (C=O) groups excluding carboxylic acids is 1. The molecule has 0 aromatic rings. The van der Waals surface area contributed by atoms with Crippen LogP contribution in [-0.4, -0.2) is 19.0 Å². The molecule has 0 saturated heterocycles. The minimum Gasteiger partial charge on any atom is -0.358 e. The molecule has 0 heterocycles. The molecule has 3 heteroatoms. The average molecular weight is 158 g/mol. The second-order valence-corrected chi connectivity index (χ2v) is 2.97. The number of amides is 1. The normalized spacial score (nSPS) is 15.6. The van der Waals surface area contributed by atoms with E-state index in [4.69, 9.17) is 5.73 Å². The van der Waals surface area contributed by atoms with Crippen LogP contribution < -0.4 is 11.1 Å². The Labute approximate surface area is 68.3 Å². The van der Waals surface area contributed by atoms with Crippen molar-refractivity contribution >= 4 is 5.91 Å². The molecule has 1 unspecified atom stereocenters. The summed E-state index contributed by atoms with van der Waals surface area (Å²) in [6.07, 6.45) is 1.85. The molecule has 0 rings (SSSR count). The Bertz CT molecular complexity index is 125. The van der Waals surface area contributed by atoms with E-state index in [2.05, 4.69) is 19.2 Å². The van der Waals surface area contributed by atoms with Gasteiger partial charge in [-0.1, -0.05) is 20.3 Å². The van der Waals surface area contributed by atoms with E-state index in [9.17, 15) is 4.79 Å². The summed E-state index contributed by atoms with van der Waals surface area (Å²) in [5.74, 6) is 0.465. The Kier molecular flexibility index (Phi) is 4.86. The Hall–Kier alpha value is -0.570. The first-order valence-electron chi connectivity index (χ1n) is 4.09. The number of nitrogens with two attached hydrogens (primary N) is 1. The molecule has 66 valence electrons. The molecule has 3 nitrogen and oxygen atoms in total. The maximum Gasteiger partial charge on any atom is 0.236 e.